The van der Waals surface area contributed by atoms with Crippen LogP contribution >= 0.6 is 0 Å². The number of para-hydroxylation sites is 1. The third-order valence-corrected chi connectivity index (χ3v) is 4.75. The van der Waals surface area contributed by atoms with E-state index in [2.05, 4.69) is 17.4 Å². The number of fused-ring (bicyclic) bond motifs is 1. The Balaban J connectivity index is 1.64. The van der Waals surface area contributed by atoms with Gasteiger partial charge < -0.3 is 14.8 Å². The first-order valence-electron chi connectivity index (χ1n) is 9.41. The standard InChI is InChI=1S/C22H25NO4/c1-3-26-20-14-7-6-12-18(20)22(25)27-15(2)21(24)23-19-13-8-10-16-9-4-5-11-17(16)19/h4-7,9,11-12,14-15,19H,3,8,10,13H2,1-2H3,(H,23,24)/t15-,19-/m1/s1. The maximum absolute atomic E-state index is 12.6. The van der Waals surface area contributed by atoms with Crippen LogP contribution < -0.4 is 10.1 Å². The summed E-state index contributed by atoms with van der Waals surface area (Å²) in [5.41, 5.74) is 2.74. The zero-order chi connectivity index (χ0) is 19.2. The lowest BCUT2D eigenvalue weighted by Crippen LogP contribution is -2.39. The van der Waals surface area contributed by atoms with Crippen molar-refractivity contribution in [2.75, 3.05) is 6.61 Å². The summed E-state index contributed by atoms with van der Waals surface area (Å²) in [6.07, 6.45) is 2.05. The summed E-state index contributed by atoms with van der Waals surface area (Å²) in [4.78, 5) is 25.0. The number of benzene rings is 2. The summed E-state index contributed by atoms with van der Waals surface area (Å²) in [6, 6.07) is 15.0. The molecule has 5 heteroatoms. The highest BCUT2D eigenvalue weighted by molar-refractivity contribution is 5.94. The third kappa shape index (κ3) is 4.48. The van der Waals surface area contributed by atoms with Crippen LogP contribution in [-0.4, -0.2) is 24.6 Å². The van der Waals surface area contributed by atoms with E-state index in [1.807, 2.05) is 19.1 Å². The molecule has 0 saturated carbocycles. The molecule has 1 amide bonds. The number of hydrogen-bond donors (Lipinski definition) is 1. The number of carbonyl (C=O) groups is 2. The van der Waals surface area contributed by atoms with Crippen molar-refractivity contribution in [3.63, 3.8) is 0 Å². The fourth-order valence-corrected chi connectivity index (χ4v) is 3.39. The monoisotopic (exact) mass is 367 g/mol. The van der Waals surface area contributed by atoms with Crippen LogP contribution in [0, 0.1) is 0 Å². The number of nitrogens with one attached hydrogen (secondary N) is 1. The molecule has 0 spiro atoms. The predicted molar refractivity (Wildman–Crippen MR) is 103 cm³/mol. The van der Waals surface area contributed by atoms with Crippen LogP contribution in [0.2, 0.25) is 0 Å². The number of amides is 1. The van der Waals surface area contributed by atoms with Crippen LogP contribution in [0.5, 0.6) is 5.75 Å². The topological polar surface area (TPSA) is 64.6 Å². The number of esters is 1. The van der Waals surface area contributed by atoms with E-state index in [1.54, 1.807) is 31.2 Å². The maximum Gasteiger partial charge on any atom is 0.342 e. The smallest absolute Gasteiger partial charge is 0.342 e. The van der Waals surface area contributed by atoms with Crippen molar-refractivity contribution in [3.8, 4) is 5.75 Å². The molecule has 0 bridgehead atoms. The van der Waals surface area contributed by atoms with Gasteiger partial charge >= 0.3 is 5.97 Å². The Hall–Kier alpha value is -2.82. The average molecular weight is 367 g/mol. The molecule has 2 atom stereocenters. The van der Waals surface area contributed by atoms with Crippen molar-refractivity contribution in [1.29, 1.82) is 0 Å². The van der Waals surface area contributed by atoms with E-state index < -0.39 is 12.1 Å². The van der Waals surface area contributed by atoms with Gasteiger partial charge in [-0.2, -0.15) is 0 Å². The molecule has 0 aliphatic heterocycles. The van der Waals surface area contributed by atoms with Crippen LogP contribution in [0.25, 0.3) is 0 Å². The molecule has 1 aliphatic carbocycles. The van der Waals surface area contributed by atoms with Gasteiger partial charge in [-0.05, 0) is 56.4 Å². The summed E-state index contributed by atoms with van der Waals surface area (Å²) in [6.45, 7) is 3.88. The maximum atomic E-state index is 12.6. The van der Waals surface area contributed by atoms with E-state index in [0.29, 0.717) is 17.9 Å². The fourth-order valence-electron chi connectivity index (χ4n) is 3.39. The van der Waals surface area contributed by atoms with Crippen LogP contribution in [0.3, 0.4) is 0 Å². The molecule has 0 radical (unpaired) electrons. The second-order valence-electron chi connectivity index (χ2n) is 6.63. The van der Waals surface area contributed by atoms with Crippen LogP contribution in [0.1, 0.15) is 54.2 Å². The first-order chi connectivity index (χ1) is 13.1. The van der Waals surface area contributed by atoms with Gasteiger partial charge in [0.05, 0.1) is 12.6 Å². The number of carbonyl (C=O) groups excluding carboxylic acids is 2. The number of aryl methyl sites for hydroxylation is 1. The molecule has 2 aromatic rings. The van der Waals surface area contributed by atoms with E-state index in [9.17, 15) is 9.59 Å². The number of rotatable bonds is 6. The second-order valence-corrected chi connectivity index (χ2v) is 6.63. The lowest BCUT2D eigenvalue weighted by atomic mass is 9.87. The van der Waals surface area contributed by atoms with Gasteiger partial charge in [-0.3, -0.25) is 4.79 Å². The Bertz CT molecular complexity index is 817. The number of ether oxygens (including phenoxy) is 2. The summed E-state index contributed by atoms with van der Waals surface area (Å²) >= 11 is 0. The minimum atomic E-state index is -0.888. The summed E-state index contributed by atoms with van der Waals surface area (Å²) < 4.78 is 10.8. The molecular weight excluding hydrogens is 342 g/mol. The largest absolute Gasteiger partial charge is 0.493 e. The Morgan fingerprint density at radius 3 is 2.70 bits per heavy atom. The molecule has 1 N–H and O–H groups in total. The van der Waals surface area contributed by atoms with Crippen molar-refractivity contribution >= 4 is 11.9 Å². The van der Waals surface area contributed by atoms with Gasteiger partial charge in [0.1, 0.15) is 11.3 Å². The minimum absolute atomic E-state index is 0.0423. The molecular formula is C22H25NO4. The van der Waals surface area contributed by atoms with Gasteiger partial charge in [0, 0.05) is 0 Å². The molecule has 0 unspecified atom stereocenters. The first-order valence-corrected chi connectivity index (χ1v) is 9.41. The molecule has 0 heterocycles. The SMILES string of the molecule is CCOc1ccccc1C(=O)O[C@H](C)C(=O)N[C@@H]1CCCc2ccccc21. The van der Waals surface area contributed by atoms with Gasteiger partial charge in [-0.15, -0.1) is 0 Å². The van der Waals surface area contributed by atoms with Gasteiger partial charge in [-0.25, -0.2) is 4.79 Å². The molecule has 1 aliphatic rings. The van der Waals surface area contributed by atoms with Crippen molar-refractivity contribution < 1.29 is 19.1 Å². The zero-order valence-electron chi connectivity index (χ0n) is 15.7. The average Bonchev–Trinajstić information content (AvgIpc) is 2.69. The highest BCUT2D eigenvalue weighted by atomic mass is 16.5. The molecule has 3 rings (SSSR count). The normalized spacial score (nSPS) is 16.7. The van der Waals surface area contributed by atoms with E-state index in [4.69, 9.17) is 9.47 Å². The molecule has 2 aromatic carbocycles. The van der Waals surface area contributed by atoms with Gasteiger partial charge in [0.2, 0.25) is 0 Å². The van der Waals surface area contributed by atoms with Gasteiger partial charge in [0.15, 0.2) is 6.10 Å². The highest BCUT2D eigenvalue weighted by Gasteiger charge is 2.26. The summed E-state index contributed by atoms with van der Waals surface area (Å²) in [5.74, 6) is -0.400. The lowest BCUT2D eigenvalue weighted by Gasteiger charge is -2.27. The van der Waals surface area contributed by atoms with Crippen LogP contribution in [-0.2, 0) is 16.0 Å². The lowest BCUT2D eigenvalue weighted by molar-refractivity contribution is -0.130. The third-order valence-electron chi connectivity index (χ3n) is 4.75. The van der Waals surface area contributed by atoms with Crippen molar-refractivity contribution in [1.82, 2.24) is 5.32 Å². The number of hydrogen-bond acceptors (Lipinski definition) is 4. The molecule has 5 nitrogen and oxygen atoms in total. The molecule has 0 saturated heterocycles. The first kappa shape index (κ1) is 19.0. The van der Waals surface area contributed by atoms with Crippen molar-refractivity contribution in [3.05, 3.63) is 65.2 Å². The zero-order valence-corrected chi connectivity index (χ0v) is 15.7. The van der Waals surface area contributed by atoms with E-state index in [-0.39, 0.29) is 11.9 Å². The summed E-state index contributed by atoms with van der Waals surface area (Å²) in [7, 11) is 0. The Morgan fingerprint density at radius 1 is 1.15 bits per heavy atom. The van der Waals surface area contributed by atoms with Gasteiger partial charge in [0.25, 0.3) is 5.91 Å². The van der Waals surface area contributed by atoms with E-state index >= 15 is 0 Å². The summed E-state index contributed by atoms with van der Waals surface area (Å²) in [5, 5.41) is 3.02. The van der Waals surface area contributed by atoms with Gasteiger partial charge in [-0.1, -0.05) is 36.4 Å². The fraction of sp³-hybridized carbons (Fsp3) is 0.364. The van der Waals surface area contributed by atoms with Crippen LogP contribution in [0.4, 0.5) is 0 Å². The van der Waals surface area contributed by atoms with Crippen molar-refractivity contribution in [2.24, 2.45) is 0 Å². The van der Waals surface area contributed by atoms with E-state index in [0.717, 1.165) is 24.8 Å². The molecule has 27 heavy (non-hydrogen) atoms. The predicted octanol–water partition coefficient (Wildman–Crippen LogP) is 3.82. The quantitative estimate of drug-likeness (QED) is 0.788. The Morgan fingerprint density at radius 2 is 1.89 bits per heavy atom. The molecule has 142 valence electrons. The second kappa shape index (κ2) is 8.71. The molecule has 0 aromatic heterocycles. The molecule has 0 fully saturated rings. The Labute approximate surface area is 159 Å². The Kier molecular flexibility index (Phi) is 6.12. The minimum Gasteiger partial charge on any atom is -0.493 e. The van der Waals surface area contributed by atoms with Crippen molar-refractivity contribution in [2.45, 2.75) is 45.3 Å². The van der Waals surface area contributed by atoms with E-state index in [1.165, 1.54) is 5.56 Å². The highest BCUT2D eigenvalue weighted by Crippen LogP contribution is 2.29. The van der Waals surface area contributed by atoms with Crippen LogP contribution in [0.15, 0.2) is 48.5 Å².